The number of hydrogen-bond acceptors (Lipinski definition) is 4. The molecule has 0 aromatic heterocycles. The molecule has 2 aromatic rings. The van der Waals surface area contributed by atoms with Crippen molar-refractivity contribution in [3.8, 4) is 0 Å². The van der Waals surface area contributed by atoms with Gasteiger partial charge >= 0.3 is 0 Å². The van der Waals surface area contributed by atoms with E-state index in [9.17, 15) is 9.90 Å². The van der Waals surface area contributed by atoms with E-state index < -0.39 is 5.60 Å². The van der Waals surface area contributed by atoms with E-state index in [0.29, 0.717) is 30.1 Å². The van der Waals surface area contributed by atoms with Crippen molar-refractivity contribution in [3.63, 3.8) is 0 Å². The van der Waals surface area contributed by atoms with Crippen molar-refractivity contribution in [2.45, 2.75) is 32.8 Å². The van der Waals surface area contributed by atoms with Gasteiger partial charge in [-0.15, -0.1) is 0 Å². The molecule has 2 aliphatic heterocycles. The number of anilines is 1. The van der Waals surface area contributed by atoms with Gasteiger partial charge in [-0.2, -0.15) is 0 Å². The third-order valence-electron chi connectivity index (χ3n) is 5.09. The molecule has 0 saturated carbocycles. The molecule has 0 bridgehead atoms. The zero-order chi connectivity index (χ0) is 17.1. The van der Waals surface area contributed by atoms with E-state index in [1.165, 1.54) is 0 Å². The van der Waals surface area contributed by atoms with E-state index in [2.05, 4.69) is 6.07 Å². The lowest BCUT2D eigenvalue weighted by Crippen LogP contribution is -2.48. The van der Waals surface area contributed by atoms with Gasteiger partial charge in [0.2, 0.25) is 5.78 Å². The van der Waals surface area contributed by atoms with Gasteiger partial charge in [-0.3, -0.25) is 4.79 Å². The van der Waals surface area contributed by atoms with Gasteiger partial charge in [-0.1, -0.05) is 12.1 Å². The molecule has 0 aliphatic carbocycles. The summed E-state index contributed by atoms with van der Waals surface area (Å²) in [5.74, 6) is 0.217. The lowest BCUT2D eigenvalue weighted by molar-refractivity contribution is 0.0602. The van der Waals surface area contributed by atoms with Gasteiger partial charge in [0.1, 0.15) is 5.84 Å². The third-order valence-corrected chi connectivity index (χ3v) is 5.09. The monoisotopic (exact) mass is 320 g/mol. The van der Waals surface area contributed by atoms with Crippen LogP contribution < -0.4 is 4.90 Å². The maximum absolute atomic E-state index is 13.0. The number of hydrogen-bond donors (Lipinski definition) is 1. The van der Waals surface area contributed by atoms with Crippen LogP contribution in [0, 0.1) is 20.8 Å². The number of fused-ring (bicyclic) bond motifs is 2. The molecular weight excluding hydrogens is 300 g/mol. The van der Waals surface area contributed by atoms with Crippen LogP contribution in [0.25, 0.3) is 0 Å². The first kappa shape index (κ1) is 15.1. The Morgan fingerprint density at radius 1 is 1.12 bits per heavy atom. The molecule has 24 heavy (non-hydrogen) atoms. The summed E-state index contributed by atoms with van der Waals surface area (Å²) in [6.45, 7) is 6.59. The van der Waals surface area contributed by atoms with Crippen molar-refractivity contribution in [1.29, 1.82) is 0 Å². The van der Waals surface area contributed by atoms with Crippen molar-refractivity contribution in [2.75, 3.05) is 11.4 Å². The number of nitrogens with zero attached hydrogens (tertiary/aromatic N) is 2. The zero-order valence-corrected chi connectivity index (χ0v) is 14.1. The van der Waals surface area contributed by atoms with Crippen LogP contribution in [0.1, 0.15) is 33.5 Å². The topological polar surface area (TPSA) is 52.9 Å². The molecule has 0 radical (unpaired) electrons. The summed E-state index contributed by atoms with van der Waals surface area (Å²) in [5.41, 5.74) is 3.90. The van der Waals surface area contributed by atoms with Gasteiger partial charge in [-0.05, 0) is 61.7 Å². The maximum Gasteiger partial charge on any atom is 0.204 e. The van der Waals surface area contributed by atoms with Crippen LogP contribution in [-0.2, 0) is 0 Å². The highest BCUT2D eigenvalue weighted by molar-refractivity contribution is 6.28. The quantitative estimate of drug-likeness (QED) is 0.875. The average molecular weight is 320 g/mol. The fourth-order valence-corrected chi connectivity index (χ4v) is 3.54. The van der Waals surface area contributed by atoms with E-state index >= 15 is 0 Å². The van der Waals surface area contributed by atoms with Gasteiger partial charge < -0.3 is 10.0 Å². The van der Waals surface area contributed by atoms with E-state index in [0.717, 1.165) is 22.4 Å². The molecule has 1 fully saturated rings. The molecule has 2 heterocycles. The molecule has 1 atom stereocenters. The van der Waals surface area contributed by atoms with Crippen LogP contribution >= 0.6 is 0 Å². The molecule has 0 amide bonds. The summed E-state index contributed by atoms with van der Waals surface area (Å²) in [5, 5.41) is 11.1. The number of ketones is 1. The minimum atomic E-state index is -1.52. The standard InChI is InChI=1S/C20H20N2O2/c1-12-5-4-6-15(9-12)22-8-7-20(24)18(23)16-10-13(2)14(3)11-17(16)21-19(20)22/h4-6,9-11,24H,7-8H2,1-3H3. The normalized spacial score (nSPS) is 22.2. The summed E-state index contributed by atoms with van der Waals surface area (Å²) in [4.78, 5) is 19.6. The van der Waals surface area contributed by atoms with Crippen LogP contribution in [0.3, 0.4) is 0 Å². The molecule has 122 valence electrons. The van der Waals surface area contributed by atoms with E-state index in [-0.39, 0.29) is 5.78 Å². The number of rotatable bonds is 1. The number of aliphatic imine (C=N–C) groups is 1. The summed E-state index contributed by atoms with van der Waals surface area (Å²) in [6, 6.07) is 11.8. The number of aryl methyl sites for hydroxylation is 3. The van der Waals surface area contributed by atoms with Crippen LogP contribution in [0.2, 0.25) is 0 Å². The third kappa shape index (κ3) is 2.03. The molecule has 4 rings (SSSR count). The molecule has 4 nitrogen and oxygen atoms in total. The fraction of sp³-hybridized carbons (Fsp3) is 0.300. The van der Waals surface area contributed by atoms with Gasteiger partial charge in [0.05, 0.1) is 5.69 Å². The highest BCUT2D eigenvalue weighted by atomic mass is 16.3. The second kappa shape index (κ2) is 5.02. The van der Waals surface area contributed by atoms with Crippen LogP contribution in [0.15, 0.2) is 41.4 Å². The van der Waals surface area contributed by atoms with Crippen molar-refractivity contribution in [2.24, 2.45) is 4.99 Å². The summed E-state index contributed by atoms with van der Waals surface area (Å²) < 4.78 is 0. The zero-order valence-electron chi connectivity index (χ0n) is 14.1. The predicted octanol–water partition coefficient (Wildman–Crippen LogP) is 3.48. The molecule has 1 saturated heterocycles. The Morgan fingerprint density at radius 2 is 1.88 bits per heavy atom. The van der Waals surface area contributed by atoms with Crippen molar-refractivity contribution in [1.82, 2.24) is 0 Å². The number of carbonyl (C=O) groups is 1. The highest BCUT2D eigenvalue weighted by Crippen LogP contribution is 2.40. The van der Waals surface area contributed by atoms with Crippen LogP contribution in [0.4, 0.5) is 11.4 Å². The van der Waals surface area contributed by atoms with Gasteiger partial charge in [0, 0.05) is 24.2 Å². The molecule has 0 spiro atoms. The number of Topliss-reactive ketones (excluding diaryl/α,β-unsaturated/α-hetero) is 1. The summed E-state index contributed by atoms with van der Waals surface area (Å²) >= 11 is 0. The number of aliphatic hydroxyl groups is 1. The fourth-order valence-electron chi connectivity index (χ4n) is 3.54. The number of amidine groups is 1. The maximum atomic E-state index is 13.0. The lowest BCUT2D eigenvalue weighted by Gasteiger charge is -2.30. The van der Waals surface area contributed by atoms with Gasteiger partial charge in [0.25, 0.3) is 0 Å². The van der Waals surface area contributed by atoms with E-state index in [1.54, 1.807) is 0 Å². The molecule has 2 aliphatic rings. The first-order valence-electron chi connectivity index (χ1n) is 8.22. The van der Waals surface area contributed by atoms with E-state index in [1.807, 2.05) is 56.0 Å². The van der Waals surface area contributed by atoms with Crippen molar-refractivity contribution in [3.05, 3.63) is 58.7 Å². The first-order chi connectivity index (χ1) is 11.4. The largest absolute Gasteiger partial charge is 0.374 e. The minimum absolute atomic E-state index is 0.235. The molecule has 1 N–H and O–H groups in total. The Hall–Kier alpha value is -2.46. The van der Waals surface area contributed by atoms with Crippen LogP contribution in [0.5, 0.6) is 0 Å². The molecule has 1 unspecified atom stereocenters. The Kier molecular flexibility index (Phi) is 3.15. The minimum Gasteiger partial charge on any atom is -0.374 e. The average Bonchev–Trinajstić information content (AvgIpc) is 2.88. The van der Waals surface area contributed by atoms with Crippen LogP contribution in [-0.4, -0.2) is 28.9 Å². The Morgan fingerprint density at radius 3 is 2.62 bits per heavy atom. The second-order valence-electron chi connectivity index (χ2n) is 6.82. The lowest BCUT2D eigenvalue weighted by atomic mass is 9.86. The smallest absolute Gasteiger partial charge is 0.204 e. The molecular formula is C20H20N2O2. The highest BCUT2D eigenvalue weighted by Gasteiger charge is 2.52. The summed E-state index contributed by atoms with van der Waals surface area (Å²) in [7, 11) is 0. The molecule has 2 aromatic carbocycles. The number of carbonyl (C=O) groups excluding carboxylic acids is 1. The Labute approximate surface area is 141 Å². The van der Waals surface area contributed by atoms with Crippen molar-refractivity contribution < 1.29 is 9.90 Å². The summed E-state index contributed by atoms with van der Waals surface area (Å²) in [6.07, 6.45) is 0.366. The Bertz CT molecular complexity index is 901. The SMILES string of the molecule is Cc1cccc(N2CCC3(O)C(=O)c4cc(C)c(C)cc4N=C23)c1. The number of benzene rings is 2. The van der Waals surface area contributed by atoms with Crippen molar-refractivity contribution >= 4 is 23.0 Å². The molecule has 4 heteroatoms. The van der Waals surface area contributed by atoms with Gasteiger partial charge in [0.15, 0.2) is 5.60 Å². The second-order valence-corrected chi connectivity index (χ2v) is 6.82. The van der Waals surface area contributed by atoms with Gasteiger partial charge in [-0.25, -0.2) is 4.99 Å². The predicted molar refractivity (Wildman–Crippen MR) is 95.4 cm³/mol. The van der Waals surface area contributed by atoms with E-state index in [4.69, 9.17) is 4.99 Å². The Balaban J connectivity index is 1.89. The first-order valence-corrected chi connectivity index (χ1v) is 8.22.